The second-order valence-corrected chi connectivity index (χ2v) is 6.07. The van der Waals surface area contributed by atoms with Crippen LogP contribution < -0.4 is 10.5 Å². The summed E-state index contributed by atoms with van der Waals surface area (Å²) in [7, 11) is 3.41. The zero-order valence-electron chi connectivity index (χ0n) is 13.7. The Bertz CT molecular complexity index is 407. The molecule has 21 heavy (non-hydrogen) atoms. The highest BCUT2D eigenvalue weighted by Crippen LogP contribution is 2.23. The molecule has 4 nitrogen and oxygen atoms in total. The molecule has 0 aliphatic carbocycles. The first kappa shape index (κ1) is 18.0. The molecule has 0 bridgehead atoms. The van der Waals surface area contributed by atoms with Crippen molar-refractivity contribution in [3.8, 4) is 5.75 Å². The van der Waals surface area contributed by atoms with Gasteiger partial charge >= 0.3 is 0 Å². The van der Waals surface area contributed by atoms with Crippen molar-refractivity contribution in [2.45, 2.75) is 32.7 Å². The number of hydrogen-bond donors (Lipinski definition) is 1. The summed E-state index contributed by atoms with van der Waals surface area (Å²) in [5.41, 5.74) is 7.46. The number of ether oxygens (including phenoxy) is 3. The fourth-order valence-electron chi connectivity index (χ4n) is 2.16. The minimum Gasteiger partial charge on any atom is -0.493 e. The molecule has 1 unspecified atom stereocenters. The fourth-order valence-corrected chi connectivity index (χ4v) is 2.16. The smallest absolute Gasteiger partial charge is 0.119 e. The number of benzene rings is 1. The van der Waals surface area contributed by atoms with Crippen molar-refractivity contribution in [2.75, 3.05) is 34.0 Å². The van der Waals surface area contributed by atoms with E-state index in [2.05, 4.69) is 26.0 Å². The zero-order chi connectivity index (χ0) is 15.7. The Morgan fingerprint density at radius 3 is 2.57 bits per heavy atom. The minimum absolute atomic E-state index is 0.0428. The van der Waals surface area contributed by atoms with Gasteiger partial charge in [0.1, 0.15) is 5.75 Å². The van der Waals surface area contributed by atoms with Crippen LogP contribution in [0.1, 0.15) is 25.8 Å². The maximum Gasteiger partial charge on any atom is 0.119 e. The molecule has 0 radical (unpaired) electrons. The van der Waals surface area contributed by atoms with E-state index >= 15 is 0 Å². The van der Waals surface area contributed by atoms with Gasteiger partial charge in [-0.25, -0.2) is 0 Å². The lowest BCUT2D eigenvalue weighted by Crippen LogP contribution is -2.42. The van der Waals surface area contributed by atoms with Gasteiger partial charge in [0.25, 0.3) is 0 Å². The second kappa shape index (κ2) is 9.03. The summed E-state index contributed by atoms with van der Waals surface area (Å²) >= 11 is 0. The molecule has 0 fully saturated rings. The van der Waals surface area contributed by atoms with E-state index in [1.54, 1.807) is 14.2 Å². The van der Waals surface area contributed by atoms with Crippen LogP contribution in [0.2, 0.25) is 0 Å². The number of nitrogens with two attached hydrogens (primary N) is 1. The molecule has 120 valence electrons. The Hall–Kier alpha value is -1.10. The van der Waals surface area contributed by atoms with Gasteiger partial charge in [0.05, 0.1) is 13.2 Å². The predicted octanol–water partition coefficient (Wildman–Crippen LogP) is 2.64. The van der Waals surface area contributed by atoms with Crippen molar-refractivity contribution in [2.24, 2.45) is 11.1 Å². The van der Waals surface area contributed by atoms with Gasteiger partial charge in [0.2, 0.25) is 0 Å². The summed E-state index contributed by atoms with van der Waals surface area (Å²) in [4.78, 5) is 0. The summed E-state index contributed by atoms with van der Waals surface area (Å²) in [5.74, 6) is 0.889. The highest BCUT2D eigenvalue weighted by Gasteiger charge is 2.26. The van der Waals surface area contributed by atoms with Gasteiger partial charge in [0.15, 0.2) is 0 Å². The lowest BCUT2D eigenvalue weighted by molar-refractivity contribution is 0.0854. The first-order valence-corrected chi connectivity index (χ1v) is 7.45. The Morgan fingerprint density at radius 2 is 1.90 bits per heavy atom. The number of rotatable bonds is 10. The highest BCUT2D eigenvalue weighted by atomic mass is 16.5. The lowest BCUT2D eigenvalue weighted by atomic mass is 9.82. The van der Waals surface area contributed by atoms with E-state index < -0.39 is 0 Å². The van der Waals surface area contributed by atoms with Gasteiger partial charge < -0.3 is 19.9 Å². The largest absolute Gasteiger partial charge is 0.493 e. The average molecular weight is 295 g/mol. The van der Waals surface area contributed by atoms with Crippen LogP contribution in [-0.2, 0) is 15.9 Å². The predicted molar refractivity (Wildman–Crippen MR) is 85.8 cm³/mol. The molecule has 0 aliphatic rings. The Balaban J connectivity index is 2.55. The van der Waals surface area contributed by atoms with Crippen molar-refractivity contribution in [1.82, 2.24) is 0 Å². The molecule has 1 aromatic carbocycles. The first-order valence-electron chi connectivity index (χ1n) is 7.45. The normalized spacial score (nSPS) is 13.2. The highest BCUT2D eigenvalue weighted by molar-refractivity contribution is 5.29. The van der Waals surface area contributed by atoms with E-state index in [4.69, 9.17) is 19.9 Å². The molecule has 0 spiro atoms. The summed E-state index contributed by atoms with van der Waals surface area (Å²) in [5, 5.41) is 0. The Morgan fingerprint density at radius 1 is 1.14 bits per heavy atom. The van der Waals surface area contributed by atoms with E-state index in [1.165, 1.54) is 5.56 Å². The third kappa shape index (κ3) is 6.46. The summed E-state index contributed by atoms with van der Waals surface area (Å²) in [6, 6.07) is 8.18. The van der Waals surface area contributed by atoms with Crippen molar-refractivity contribution < 1.29 is 14.2 Å². The van der Waals surface area contributed by atoms with Crippen LogP contribution in [0.5, 0.6) is 5.75 Å². The van der Waals surface area contributed by atoms with Gasteiger partial charge in [-0.1, -0.05) is 26.0 Å². The second-order valence-electron chi connectivity index (χ2n) is 6.07. The third-order valence-corrected chi connectivity index (χ3v) is 3.64. The number of hydrogen-bond acceptors (Lipinski definition) is 4. The van der Waals surface area contributed by atoms with Gasteiger partial charge in [0, 0.05) is 38.7 Å². The standard InChI is InChI=1S/C17H29NO3/c1-17(2,13-20-4)16(18)12-14-7-5-8-15(11-14)21-10-6-9-19-3/h5,7-8,11,16H,6,9-10,12-13,18H2,1-4H3. The van der Waals surface area contributed by atoms with Crippen molar-refractivity contribution in [1.29, 1.82) is 0 Å². The molecule has 0 heterocycles. The molecule has 2 N–H and O–H groups in total. The van der Waals surface area contributed by atoms with E-state index in [9.17, 15) is 0 Å². The Labute approximate surface area is 128 Å². The molecular weight excluding hydrogens is 266 g/mol. The Kier molecular flexibility index (Phi) is 7.72. The van der Waals surface area contributed by atoms with Crippen LogP contribution in [0, 0.1) is 5.41 Å². The SMILES string of the molecule is COCCCOc1cccc(CC(N)C(C)(C)COC)c1. The number of methoxy groups -OCH3 is 2. The quantitative estimate of drug-likeness (QED) is 0.674. The monoisotopic (exact) mass is 295 g/mol. The summed E-state index contributed by atoms with van der Waals surface area (Å²) in [6.07, 6.45) is 1.70. The van der Waals surface area contributed by atoms with Crippen LogP contribution >= 0.6 is 0 Å². The summed E-state index contributed by atoms with van der Waals surface area (Å²) in [6.45, 7) is 6.30. The molecule has 1 aromatic rings. The van der Waals surface area contributed by atoms with Gasteiger partial charge in [-0.2, -0.15) is 0 Å². The molecule has 4 heteroatoms. The fraction of sp³-hybridized carbons (Fsp3) is 0.647. The maximum absolute atomic E-state index is 6.32. The van der Waals surface area contributed by atoms with Gasteiger partial charge in [-0.05, 0) is 24.1 Å². The van der Waals surface area contributed by atoms with E-state index in [0.717, 1.165) is 25.2 Å². The van der Waals surface area contributed by atoms with Crippen molar-refractivity contribution in [3.63, 3.8) is 0 Å². The molecule has 0 saturated heterocycles. The van der Waals surface area contributed by atoms with Crippen LogP contribution in [0.25, 0.3) is 0 Å². The van der Waals surface area contributed by atoms with E-state index in [-0.39, 0.29) is 11.5 Å². The minimum atomic E-state index is -0.0515. The van der Waals surface area contributed by atoms with Crippen LogP contribution in [0.15, 0.2) is 24.3 Å². The van der Waals surface area contributed by atoms with Gasteiger partial charge in [-0.15, -0.1) is 0 Å². The van der Waals surface area contributed by atoms with Crippen molar-refractivity contribution >= 4 is 0 Å². The maximum atomic E-state index is 6.32. The molecule has 0 amide bonds. The van der Waals surface area contributed by atoms with E-state index in [0.29, 0.717) is 13.2 Å². The summed E-state index contributed by atoms with van der Waals surface area (Å²) < 4.78 is 16.0. The topological polar surface area (TPSA) is 53.7 Å². The molecular formula is C17H29NO3. The first-order chi connectivity index (χ1) is 9.99. The van der Waals surface area contributed by atoms with Crippen molar-refractivity contribution in [3.05, 3.63) is 29.8 Å². The van der Waals surface area contributed by atoms with Crippen LogP contribution in [-0.4, -0.2) is 40.1 Å². The molecule has 0 aromatic heterocycles. The third-order valence-electron chi connectivity index (χ3n) is 3.64. The lowest BCUT2D eigenvalue weighted by Gasteiger charge is -2.31. The molecule has 1 rings (SSSR count). The average Bonchev–Trinajstić information content (AvgIpc) is 2.44. The van der Waals surface area contributed by atoms with Crippen LogP contribution in [0.3, 0.4) is 0 Å². The van der Waals surface area contributed by atoms with Gasteiger partial charge in [-0.3, -0.25) is 0 Å². The van der Waals surface area contributed by atoms with E-state index in [1.807, 2.05) is 12.1 Å². The molecule has 0 saturated carbocycles. The van der Waals surface area contributed by atoms with Crippen LogP contribution in [0.4, 0.5) is 0 Å². The zero-order valence-corrected chi connectivity index (χ0v) is 13.7. The molecule has 1 atom stereocenters. The molecule has 0 aliphatic heterocycles.